The number of nitrogens with one attached hydrogen (secondary N) is 2. The number of likely N-dealkylation sites (N-methyl/N-ethyl adjacent to an activating group) is 1. The number of carbonyl (C=O) groups excluding carboxylic acids is 4. The highest BCUT2D eigenvalue weighted by Gasteiger charge is 2.45. The van der Waals surface area contributed by atoms with E-state index in [1.165, 1.54) is 0 Å². The maximum Gasteiger partial charge on any atom is 0.262 e. The number of piperidine rings is 2. The van der Waals surface area contributed by atoms with Gasteiger partial charge in [-0.2, -0.15) is 0 Å². The van der Waals surface area contributed by atoms with E-state index in [2.05, 4.69) is 22.5 Å². The van der Waals surface area contributed by atoms with Gasteiger partial charge in [-0.1, -0.05) is 19.1 Å². The molecule has 8 heteroatoms. The van der Waals surface area contributed by atoms with Crippen LogP contribution in [-0.4, -0.2) is 65.1 Å². The van der Waals surface area contributed by atoms with Gasteiger partial charge in [-0.05, 0) is 44.0 Å². The molecule has 0 radical (unpaired) electrons. The van der Waals surface area contributed by atoms with Gasteiger partial charge in [0.2, 0.25) is 11.8 Å². The summed E-state index contributed by atoms with van der Waals surface area (Å²) in [4.78, 5) is 53.1. The smallest absolute Gasteiger partial charge is 0.262 e. The van der Waals surface area contributed by atoms with Crippen molar-refractivity contribution in [3.63, 3.8) is 0 Å². The zero-order valence-corrected chi connectivity index (χ0v) is 16.6. The van der Waals surface area contributed by atoms with Crippen molar-refractivity contribution in [3.05, 3.63) is 34.9 Å². The fraction of sp³-hybridized carbons (Fsp3) is 0.524. The molecule has 0 spiro atoms. The summed E-state index contributed by atoms with van der Waals surface area (Å²) in [5, 5.41) is 5.72. The molecule has 4 amide bonds. The Balaban J connectivity index is 1.56. The number of likely N-dealkylation sites (tertiary alicyclic amines) is 1. The van der Waals surface area contributed by atoms with E-state index in [0.717, 1.165) is 42.9 Å². The van der Waals surface area contributed by atoms with Crippen LogP contribution in [0.4, 0.5) is 0 Å². The summed E-state index contributed by atoms with van der Waals surface area (Å²) < 4.78 is 0. The van der Waals surface area contributed by atoms with Crippen LogP contribution in [0.1, 0.15) is 58.9 Å². The molecule has 154 valence electrons. The van der Waals surface area contributed by atoms with E-state index in [1.54, 1.807) is 12.1 Å². The van der Waals surface area contributed by atoms with Gasteiger partial charge in [0.05, 0.1) is 11.1 Å². The molecule has 0 aromatic heterocycles. The highest BCUT2D eigenvalue weighted by Crippen LogP contribution is 2.30. The summed E-state index contributed by atoms with van der Waals surface area (Å²) >= 11 is 0. The summed E-state index contributed by atoms with van der Waals surface area (Å²) in [6.45, 7) is 5.46. The van der Waals surface area contributed by atoms with E-state index < -0.39 is 23.8 Å². The van der Waals surface area contributed by atoms with E-state index in [0.29, 0.717) is 23.7 Å². The minimum atomic E-state index is -0.930. The molecule has 3 heterocycles. The number of imide groups is 2. The molecule has 1 aromatic rings. The van der Waals surface area contributed by atoms with Gasteiger partial charge in [0.15, 0.2) is 0 Å². The predicted molar refractivity (Wildman–Crippen MR) is 105 cm³/mol. The molecule has 1 aromatic carbocycles. The van der Waals surface area contributed by atoms with Crippen LogP contribution in [-0.2, 0) is 16.1 Å². The van der Waals surface area contributed by atoms with Gasteiger partial charge >= 0.3 is 0 Å². The zero-order chi connectivity index (χ0) is 20.5. The van der Waals surface area contributed by atoms with Crippen molar-refractivity contribution >= 4 is 23.6 Å². The lowest BCUT2D eigenvalue weighted by Crippen LogP contribution is -2.54. The molecule has 2 fully saturated rings. The number of nitrogens with zero attached hydrogens (tertiary/aromatic N) is 2. The average molecular weight is 398 g/mol. The number of benzene rings is 1. The van der Waals surface area contributed by atoms with Crippen LogP contribution in [0, 0.1) is 0 Å². The molecular weight excluding hydrogens is 372 g/mol. The van der Waals surface area contributed by atoms with E-state index in [1.807, 2.05) is 6.07 Å². The van der Waals surface area contributed by atoms with Crippen molar-refractivity contribution < 1.29 is 19.2 Å². The van der Waals surface area contributed by atoms with E-state index >= 15 is 0 Å². The number of amides is 4. The molecule has 0 saturated carbocycles. The molecular formula is C21H26N4O4. The van der Waals surface area contributed by atoms with Crippen LogP contribution < -0.4 is 10.6 Å². The molecule has 2 atom stereocenters. The van der Waals surface area contributed by atoms with E-state index in [-0.39, 0.29) is 18.7 Å². The molecule has 3 aliphatic heterocycles. The first kappa shape index (κ1) is 19.7. The quantitative estimate of drug-likeness (QED) is 0.707. The van der Waals surface area contributed by atoms with Crippen molar-refractivity contribution in [2.24, 2.45) is 0 Å². The number of carbonyl (C=O) groups is 4. The third-order valence-corrected chi connectivity index (χ3v) is 5.95. The first-order chi connectivity index (χ1) is 14.0. The number of rotatable bonds is 5. The van der Waals surface area contributed by atoms with Gasteiger partial charge < -0.3 is 5.32 Å². The second kappa shape index (κ2) is 8.04. The Bertz CT molecular complexity index is 866. The summed E-state index contributed by atoms with van der Waals surface area (Å²) in [6.07, 6.45) is 2.51. The Hall–Kier alpha value is -2.58. The number of hydrogen-bond donors (Lipinski definition) is 2. The van der Waals surface area contributed by atoms with E-state index in [9.17, 15) is 19.2 Å². The molecule has 4 rings (SSSR count). The Morgan fingerprint density at radius 2 is 1.97 bits per heavy atom. The monoisotopic (exact) mass is 398 g/mol. The Labute approximate surface area is 169 Å². The SMILES string of the molecule is CCNC1CCCN(Cc2cccc3c2C(=O)N(C2CCC(=O)NC2=O)C3=O)C1. The van der Waals surface area contributed by atoms with Crippen molar-refractivity contribution in [2.75, 3.05) is 19.6 Å². The molecule has 8 nitrogen and oxygen atoms in total. The van der Waals surface area contributed by atoms with Crippen LogP contribution in [0.2, 0.25) is 0 Å². The molecule has 3 aliphatic rings. The van der Waals surface area contributed by atoms with Gasteiger partial charge in [0, 0.05) is 25.6 Å². The van der Waals surface area contributed by atoms with Gasteiger partial charge in [-0.15, -0.1) is 0 Å². The lowest BCUT2D eigenvalue weighted by atomic mass is 10.00. The Morgan fingerprint density at radius 1 is 1.14 bits per heavy atom. The largest absolute Gasteiger partial charge is 0.313 e. The maximum absolute atomic E-state index is 13.2. The second-order valence-electron chi connectivity index (χ2n) is 7.92. The van der Waals surface area contributed by atoms with Crippen molar-refractivity contribution in [1.82, 2.24) is 20.4 Å². The lowest BCUT2D eigenvalue weighted by molar-refractivity contribution is -0.136. The standard InChI is InChI=1S/C21H26N4O4/c1-2-22-14-6-4-10-24(12-14)11-13-5-3-7-15-18(13)21(29)25(20(15)28)16-8-9-17(26)23-19(16)27/h3,5,7,14,16,22H,2,4,6,8-12H2,1H3,(H,23,26,27). The maximum atomic E-state index is 13.2. The molecule has 2 unspecified atom stereocenters. The molecule has 0 aliphatic carbocycles. The minimum absolute atomic E-state index is 0.121. The third-order valence-electron chi connectivity index (χ3n) is 5.95. The minimum Gasteiger partial charge on any atom is -0.313 e. The van der Waals surface area contributed by atoms with Crippen molar-refractivity contribution in [2.45, 2.75) is 51.2 Å². The number of fused-ring (bicyclic) bond motifs is 1. The Kier molecular flexibility index (Phi) is 5.47. The normalized spacial score (nSPS) is 25.3. The summed E-state index contributed by atoms with van der Waals surface area (Å²) in [6, 6.07) is 4.82. The molecule has 29 heavy (non-hydrogen) atoms. The van der Waals surface area contributed by atoms with Crippen LogP contribution in [0.5, 0.6) is 0 Å². The third kappa shape index (κ3) is 3.70. The van der Waals surface area contributed by atoms with Crippen LogP contribution in [0.25, 0.3) is 0 Å². The zero-order valence-electron chi connectivity index (χ0n) is 16.6. The average Bonchev–Trinajstić information content (AvgIpc) is 2.94. The van der Waals surface area contributed by atoms with Crippen LogP contribution in [0.15, 0.2) is 18.2 Å². The highest BCUT2D eigenvalue weighted by molar-refractivity contribution is 6.24. The van der Waals surface area contributed by atoms with Gasteiger partial charge in [-0.25, -0.2) is 0 Å². The Morgan fingerprint density at radius 3 is 2.72 bits per heavy atom. The predicted octanol–water partition coefficient (Wildman–Crippen LogP) is 0.662. The van der Waals surface area contributed by atoms with E-state index in [4.69, 9.17) is 0 Å². The summed E-state index contributed by atoms with van der Waals surface area (Å²) in [7, 11) is 0. The van der Waals surface area contributed by atoms with Gasteiger partial charge in [0.25, 0.3) is 11.8 Å². The molecule has 0 bridgehead atoms. The topological polar surface area (TPSA) is 98.8 Å². The first-order valence-corrected chi connectivity index (χ1v) is 10.3. The van der Waals surface area contributed by atoms with Crippen LogP contribution in [0.3, 0.4) is 0 Å². The first-order valence-electron chi connectivity index (χ1n) is 10.3. The number of hydrogen-bond acceptors (Lipinski definition) is 6. The second-order valence-corrected chi connectivity index (χ2v) is 7.92. The molecule has 2 N–H and O–H groups in total. The van der Waals surface area contributed by atoms with Crippen molar-refractivity contribution in [1.29, 1.82) is 0 Å². The lowest BCUT2D eigenvalue weighted by Gasteiger charge is -2.33. The van der Waals surface area contributed by atoms with Gasteiger partial charge in [-0.3, -0.25) is 34.3 Å². The summed E-state index contributed by atoms with van der Waals surface area (Å²) in [5.41, 5.74) is 1.55. The fourth-order valence-corrected chi connectivity index (χ4v) is 4.61. The fourth-order valence-electron chi connectivity index (χ4n) is 4.61. The molecule has 2 saturated heterocycles. The van der Waals surface area contributed by atoms with Gasteiger partial charge in [0.1, 0.15) is 6.04 Å². The summed E-state index contributed by atoms with van der Waals surface area (Å²) in [5.74, 6) is -1.84. The highest BCUT2D eigenvalue weighted by atomic mass is 16.2. The van der Waals surface area contributed by atoms with Crippen molar-refractivity contribution in [3.8, 4) is 0 Å². The van der Waals surface area contributed by atoms with Crippen LogP contribution >= 0.6 is 0 Å².